The molecule has 3 nitrogen and oxygen atoms in total. The van der Waals surface area contributed by atoms with E-state index >= 15 is 0 Å². The number of nitrogens with zero attached hydrogens (tertiary/aromatic N) is 2. The van der Waals surface area contributed by atoms with Crippen molar-refractivity contribution in [1.29, 1.82) is 5.26 Å². The van der Waals surface area contributed by atoms with Crippen LogP contribution in [0.25, 0.3) is 11.1 Å². The van der Waals surface area contributed by atoms with Crippen LogP contribution in [0.2, 0.25) is 5.02 Å². The van der Waals surface area contributed by atoms with E-state index in [-0.39, 0.29) is 5.75 Å². The summed E-state index contributed by atoms with van der Waals surface area (Å²) in [6.07, 6.45) is 3.11. The zero-order chi connectivity index (χ0) is 11.5. The van der Waals surface area contributed by atoms with Gasteiger partial charge in [-0.3, -0.25) is 4.98 Å². The molecule has 0 saturated carbocycles. The highest BCUT2D eigenvalue weighted by Gasteiger charge is 2.03. The maximum Gasteiger partial charge on any atom is 0.134 e. The maximum atomic E-state index is 9.47. The number of halogens is 1. The lowest BCUT2D eigenvalue weighted by Crippen LogP contribution is -1.83. The van der Waals surface area contributed by atoms with Gasteiger partial charge in [0.15, 0.2) is 0 Å². The van der Waals surface area contributed by atoms with Gasteiger partial charge in [0.1, 0.15) is 11.8 Å². The fourth-order valence-corrected chi connectivity index (χ4v) is 1.47. The van der Waals surface area contributed by atoms with E-state index in [0.717, 1.165) is 11.1 Å². The topological polar surface area (TPSA) is 56.9 Å². The molecule has 78 valence electrons. The van der Waals surface area contributed by atoms with E-state index < -0.39 is 0 Å². The summed E-state index contributed by atoms with van der Waals surface area (Å²) in [6.45, 7) is 0. The first-order valence-electron chi connectivity index (χ1n) is 4.55. The van der Waals surface area contributed by atoms with E-state index in [1.807, 2.05) is 6.07 Å². The molecule has 1 aromatic heterocycles. The molecule has 0 bridgehead atoms. The van der Waals surface area contributed by atoms with Crippen LogP contribution in [0.3, 0.4) is 0 Å². The molecule has 1 N–H and O–H groups in total. The van der Waals surface area contributed by atoms with Crippen LogP contribution in [0, 0.1) is 11.3 Å². The van der Waals surface area contributed by atoms with Crippen molar-refractivity contribution < 1.29 is 5.11 Å². The SMILES string of the molecule is N#Cc1cncc(-c2ccc(Cl)c(O)c2)c1. The summed E-state index contributed by atoms with van der Waals surface area (Å²) in [4.78, 5) is 3.95. The molecule has 0 aliphatic heterocycles. The predicted molar refractivity (Wildman–Crippen MR) is 61.1 cm³/mol. The Balaban J connectivity index is 2.51. The van der Waals surface area contributed by atoms with Crippen LogP contribution in [0.5, 0.6) is 5.75 Å². The maximum absolute atomic E-state index is 9.47. The molecule has 0 unspecified atom stereocenters. The van der Waals surface area contributed by atoms with Gasteiger partial charge >= 0.3 is 0 Å². The molecule has 0 amide bonds. The Morgan fingerprint density at radius 2 is 2.00 bits per heavy atom. The molecule has 0 aliphatic rings. The number of hydrogen-bond donors (Lipinski definition) is 1. The zero-order valence-corrected chi connectivity index (χ0v) is 8.94. The third-order valence-electron chi connectivity index (χ3n) is 2.15. The van der Waals surface area contributed by atoms with Crippen LogP contribution in [0.15, 0.2) is 36.7 Å². The van der Waals surface area contributed by atoms with Crippen molar-refractivity contribution in [3.05, 3.63) is 47.2 Å². The molecule has 4 heteroatoms. The molecule has 2 rings (SSSR count). The summed E-state index contributed by atoms with van der Waals surface area (Å²) in [5, 5.41) is 18.5. The Morgan fingerprint density at radius 1 is 1.19 bits per heavy atom. The second kappa shape index (κ2) is 4.21. The lowest BCUT2D eigenvalue weighted by molar-refractivity contribution is 0.476. The second-order valence-corrected chi connectivity index (χ2v) is 3.65. The van der Waals surface area contributed by atoms with Gasteiger partial charge in [0.05, 0.1) is 10.6 Å². The summed E-state index contributed by atoms with van der Waals surface area (Å²) >= 11 is 5.71. The number of hydrogen-bond acceptors (Lipinski definition) is 3. The largest absolute Gasteiger partial charge is 0.506 e. The van der Waals surface area contributed by atoms with Gasteiger partial charge in [0.25, 0.3) is 0 Å². The monoisotopic (exact) mass is 230 g/mol. The highest BCUT2D eigenvalue weighted by Crippen LogP contribution is 2.29. The van der Waals surface area contributed by atoms with Crippen LogP contribution in [-0.4, -0.2) is 10.1 Å². The molecule has 1 heterocycles. The number of aromatic hydroxyl groups is 1. The minimum Gasteiger partial charge on any atom is -0.506 e. The van der Waals surface area contributed by atoms with Crippen LogP contribution in [0.1, 0.15) is 5.56 Å². The predicted octanol–water partition coefficient (Wildman–Crippen LogP) is 2.98. The van der Waals surface area contributed by atoms with Gasteiger partial charge in [-0.1, -0.05) is 17.7 Å². The van der Waals surface area contributed by atoms with Gasteiger partial charge < -0.3 is 5.11 Å². The van der Waals surface area contributed by atoms with Crippen LogP contribution in [0.4, 0.5) is 0 Å². The lowest BCUT2D eigenvalue weighted by Gasteiger charge is -2.03. The summed E-state index contributed by atoms with van der Waals surface area (Å²) in [6, 6.07) is 8.62. The number of benzene rings is 1. The Hall–Kier alpha value is -2.05. The Bertz CT molecular complexity index is 575. The fraction of sp³-hybridized carbons (Fsp3) is 0. The molecular formula is C12H7ClN2O. The van der Waals surface area contributed by atoms with Gasteiger partial charge in [0, 0.05) is 18.0 Å². The second-order valence-electron chi connectivity index (χ2n) is 3.24. The summed E-state index contributed by atoms with van der Waals surface area (Å²) in [7, 11) is 0. The quantitative estimate of drug-likeness (QED) is 0.819. The lowest BCUT2D eigenvalue weighted by atomic mass is 10.1. The number of rotatable bonds is 1. The third kappa shape index (κ3) is 1.97. The molecule has 0 aliphatic carbocycles. The molecule has 0 spiro atoms. The van der Waals surface area contributed by atoms with Crippen molar-refractivity contribution in [3.63, 3.8) is 0 Å². The van der Waals surface area contributed by atoms with Gasteiger partial charge in [0.2, 0.25) is 0 Å². The molecule has 16 heavy (non-hydrogen) atoms. The van der Waals surface area contributed by atoms with E-state index in [1.54, 1.807) is 30.5 Å². The first-order chi connectivity index (χ1) is 7.70. The van der Waals surface area contributed by atoms with E-state index in [2.05, 4.69) is 4.98 Å². The van der Waals surface area contributed by atoms with E-state index in [0.29, 0.717) is 10.6 Å². The van der Waals surface area contributed by atoms with Gasteiger partial charge in [-0.05, 0) is 23.8 Å². The Kier molecular flexibility index (Phi) is 2.76. The molecular weight excluding hydrogens is 224 g/mol. The van der Waals surface area contributed by atoms with Crippen molar-refractivity contribution in [1.82, 2.24) is 4.98 Å². The van der Waals surface area contributed by atoms with Gasteiger partial charge in [-0.2, -0.15) is 5.26 Å². The molecule has 0 saturated heterocycles. The molecule has 0 atom stereocenters. The summed E-state index contributed by atoms with van der Waals surface area (Å²) < 4.78 is 0. The first-order valence-corrected chi connectivity index (χ1v) is 4.92. The highest BCUT2D eigenvalue weighted by molar-refractivity contribution is 6.32. The molecule has 0 fully saturated rings. The number of aromatic nitrogens is 1. The average Bonchev–Trinajstić information content (AvgIpc) is 2.33. The molecule has 0 radical (unpaired) electrons. The van der Waals surface area contributed by atoms with Crippen molar-refractivity contribution >= 4 is 11.6 Å². The number of phenols is 1. The standard InChI is InChI=1S/C12H7ClN2O/c13-11-2-1-9(4-12(11)16)10-3-8(5-14)6-15-7-10/h1-4,6-7,16H. The fourth-order valence-electron chi connectivity index (χ4n) is 1.35. The van der Waals surface area contributed by atoms with Crippen LogP contribution in [-0.2, 0) is 0 Å². The van der Waals surface area contributed by atoms with E-state index in [4.69, 9.17) is 16.9 Å². The molecule has 1 aromatic carbocycles. The smallest absolute Gasteiger partial charge is 0.134 e. The van der Waals surface area contributed by atoms with Crippen molar-refractivity contribution in [3.8, 4) is 22.9 Å². The van der Waals surface area contributed by atoms with E-state index in [1.165, 1.54) is 6.20 Å². The number of pyridine rings is 1. The zero-order valence-electron chi connectivity index (χ0n) is 8.18. The summed E-state index contributed by atoms with van der Waals surface area (Å²) in [5.41, 5.74) is 2.02. The van der Waals surface area contributed by atoms with E-state index in [9.17, 15) is 5.11 Å². The Labute approximate surface area is 97.6 Å². The summed E-state index contributed by atoms with van der Waals surface area (Å²) in [5.74, 6) is 0.0153. The number of nitriles is 1. The van der Waals surface area contributed by atoms with Gasteiger partial charge in [-0.25, -0.2) is 0 Å². The van der Waals surface area contributed by atoms with Gasteiger partial charge in [-0.15, -0.1) is 0 Å². The van der Waals surface area contributed by atoms with Crippen molar-refractivity contribution in [2.24, 2.45) is 0 Å². The van der Waals surface area contributed by atoms with Crippen molar-refractivity contribution in [2.75, 3.05) is 0 Å². The number of phenolic OH excluding ortho intramolecular Hbond substituents is 1. The Morgan fingerprint density at radius 3 is 2.69 bits per heavy atom. The van der Waals surface area contributed by atoms with Crippen LogP contribution < -0.4 is 0 Å². The average molecular weight is 231 g/mol. The molecule has 2 aromatic rings. The first kappa shape index (κ1) is 10.5. The third-order valence-corrected chi connectivity index (χ3v) is 2.47. The van der Waals surface area contributed by atoms with Crippen molar-refractivity contribution in [2.45, 2.75) is 0 Å². The highest BCUT2D eigenvalue weighted by atomic mass is 35.5. The normalized spacial score (nSPS) is 9.75. The minimum absolute atomic E-state index is 0.0153. The van der Waals surface area contributed by atoms with Crippen LogP contribution >= 0.6 is 11.6 Å². The minimum atomic E-state index is 0.0153.